The second kappa shape index (κ2) is 12.1. The zero-order valence-electron chi connectivity index (χ0n) is 29.0. The molecule has 2 saturated heterocycles. The molecule has 2 aliphatic heterocycles. The standard InChI is InChI=1S/C41H34Cl2N4O5S/c1-20-26-15-23(43)10-14-32(26)53-36(20)30-18-33(45(3)44-30)47-38(50)29-17-27-24(35(41(29,2)40(47)52)28-16-22(42)9-13-31(28)48)11-12-25-34(27)39(51)46(37(25)49)19-21-7-5-4-6-8-21/h4-11,13-16,18,25,27,29,34-35,48H,12,17,19H2,1-3H3. The number of aromatic nitrogens is 2. The average molecular weight is 766 g/mol. The fraction of sp³-hybridized carbons (Fsp3) is 0.293. The number of anilines is 1. The van der Waals surface area contributed by atoms with Crippen molar-refractivity contribution in [3.8, 4) is 16.3 Å². The highest BCUT2D eigenvalue weighted by Gasteiger charge is 2.68. The van der Waals surface area contributed by atoms with Gasteiger partial charge in [-0.25, -0.2) is 4.90 Å². The monoisotopic (exact) mass is 764 g/mol. The van der Waals surface area contributed by atoms with Gasteiger partial charge in [-0.05, 0) is 85.5 Å². The van der Waals surface area contributed by atoms with Crippen molar-refractivity contribution < 1.29 is 24.3 Å². The number of phenols is 1. The van der Waals surface area contributed by atoms with Crippen LogP contribution in [0.3, 0.4) is 0 Å². The summed E-state index contributed by atoms with van der Waals surface area (Å²) >= 11 is 14.4. The molecule has 2 aromatic heterocycles. The van der Waals surface area contributed by atoms with Gasteiger partial charge in [0.25, 0.3) is 0 Å². The topological polar surface area (TPSA) is 113 Å². The fourth-order valence-corrected chi connectivity index (χ4v) is 11.0. The van der Waals surface area contributed by atoms with Crippen LogP contribution in [0.25, 0.3) is 20.7 Å². The molecule has 9 nitrogen and oxygen atoms in total. The van der Waals surface area contributed by atoms with E-state index in [9.17, 15) is 19.5 Å². The molecular weight excluding hydrogens is 731 g/mol. The van der Waals surface area contributed by atoms with Crippen LogP contribution in [0.15, 0.2) is 84.4 Å². The van der Waals surface area contributed by atoms with Crippen molar-refractivity contribution in [3.63, 3.8) is 0 Å². The Bertz CT molecular complexity index is 2460. The van der Waals surface area contributed by atoms with E-state index in [2.05, 4.69) is 0 Å². The van der Waals surface area contributed by atoms with Crippen molar-refractivity contribution in [1.82, 2.24) is 14.7 Å². The molecule has 53 heavy (non-hydrogen) atoms. The van der Waals surface area contributed by atoms with Crippen molar-refractivity contribution in [3.05, 3.63) is 111 Å². The van der Waals surface area contributed by atoms with Gasteiger partial charge in [0.05, 0.1) is 34.6 Å². The molecule has 5 aromatic rings. The van der Waals surface area contributed by atoms with Gasteiger partial charge < -0.3 is 5.11 Å². The molecule has 4 amide bonds. The zero-order chi connectivity index (χ0) is 37.1. The fourth-order valence-electron chi connectivity index (χ4n) is 9.54. The maximum atomic E-state index is 15.1. The number of thiophene rings is 1. The Morgan fingerprint density at radius 3 is 2.43 bits per heavy atom. The number of fused-ring (bicyclic) bond motifs is 5. The summed E-state index contributed by atoms with van der Waals surface area (Å²) < 4.78 is 2.60. The molecule has 3 fully saturated rings. The third kappa shape index (κ3) is 4.91. The van der Waals surface area contributed by atoms with E-state index in [1.165, 1.54) is 15.9 Å². The number of aromatic hydroxyl groups is 1. The number of rotatable bonds is 5. The number of carbonyl (C=O) groups excluding carboxylic acids is 4. The first-order valence-electron chi connectivity index (χ1n) is 17.6. The number of imide groups is 2. The maximum absolute atomic E-state index is 15.1. The summed E-state index contributed by atoms with van der Waals surface area (Å²) in [6, 6.07) is 21.6. The Balaban J connectivity index is 1.14. The van der Waals surface area contributed by atoms with Crippen LogP contribution in [-0.2, 0) is 32.8 Å². The van der Waals surface area contributed by atoms with Gasteiger partial charge in [0.15, 0.2) is 0 Å². The highest BCUT2D eigenvalue weighted by Crippen LogP contribution is 2.64. The van der Waals surface area contributed by atoms with Crippen LogP contribution >= 0.6 is 34.5 Å². The first kappa shape index (κ1) is 34.0. The average Bonchev–Trinajstić information content (AvgIpc) is 3.80. The molecule has 0 bridgehead atoms. The van der Waals surface area contributed by atoms with Crippen molar-refractivity contribution in [2.24, 2.45) is 36.1 Å². The van der Waals surface area contributed by atoms with Crippen LogP contribution in [0.5, 0.6) is 5.75 Å². The molecular formula is C41H34Cl2N4O5S. The van der Waals surface area contributed by atoms with Gasteiger partial charge >= 0.3 is 0 Å². The van der Waals surface area contributed by atoms with Gasteiger partial charge in [-0.2, -0.15) is 5.10 Å². The Morgan fingerprint density at radius 1 is 0.925 bits per heavy atom. The summed E-state index contributed by atoms with van der Waals surface area (Å²) in [5.74, 6) is -4.53. The lowest BCUT2D eigenvalue weighted by Gasteiger charge is -2.49. The van der Waals surface area contributed by atoms with Gasteiger partial charge in [0.2, 0.25) is 23.6 Å². The van der Waals surface area contributed by atoms with Gasteiger partial charge in [-0.3, -0.25) is 28.8 Å². The number of aryl methyl sites for hydroxylation is 2. The summed E-state index contributed by atoms with van der Waals surface area (Å²) in [7, 11) is 1.71. The largest absolute Gasteiger partial charge is 0.508 e. The molecule has 4 aliphatic rings. The van der Waals surface area contributed by atoms with Crippen LogP contribution in [0.1, 0.15) is 42.4 Å². The first-order valence-corrected chi connectivity index (χ1v) is 19.1. The summed E-state index contributed by atoms with van der Waals surface area (Å²) in [5.41, 5.74) is 2.30. The molecule has 6 atom stereocenters. The van der Waals surface area contributed by atoms with Crippen LogP contribution < -0.4 is 4.90 Å². The predicted octanol–water partition coefficient (Wildman–Crippen LogP) is 8.05. The van der Waals surface area contributed by atoms with Crippen molar-refractivity contribution in [1.29, 1.82) is 0 Å². The molecule has 12 heteroatoms. The zero-order valence-corrected chi connectivity index (χ0v) is 31.4. The molecule has 1 N–H and O–H groups in total. The summed E-state index contributed by atoms with van der Waals surface area (Å²) in [5, 5.41) is 18.2. The lowest BCUT2D eigenvalue weighted by atomic mass is 9.51. The molecule has 0 radical (unpaired) electrons. The first-order chi connectivity index (χ1) is 25.4. The number of halogens is 2. The van der Waals surface area contributed by atoms with E-state index in [4.69, 9.17) is 28.3 Å². The molecule has 6 unspecified atom stereocenters. The van der Waals surface area contributed by atoms with E-state index in [-0.39, 0.29) is 30.5 Å². The second-order valence-corrected chi connectivity index (χ2v) is 16.7. The molecule has 0 spiro atoms. The molecule has 3 aromatic carbocycles. The molecule has 2 aliphatic carbocycles. The smallest absolute Gasteiger partial charge is 0.242 e. The SMILES string of the molecule is Cc1c(-c2cc(N3C(=O)C4CC5C(=CCC6C(=O)N(Cc7ccccc7)C(=O)C65)C(c5cc(Cl)ccc5O)C4(C)C3=O)n(C)n2)sc2ccc(Cl)cc12. The van der Waals surface area contributed by atoms with E-state index in [0.717, 1.165) is 31.7 Å². The van der Waals surface area contributed by atoms with E-state index in [0.29, 0.717) is 33.5 Å². The molecule has 4 heterocycles. The molecule has 268 valence electrons. The normalized spacial score (nSPS) is 26.7. The van der Waals surface area contributed by atoms with Crippen LogP contribution in [0, 0.1) is 36.0 Å². The van der Waals surface area contributed by atoms with Gasteiger partial charge in [0.1, 0.15) is 17.3 Å². The lowest BCUT2D eigenvalue weighted by molar-refractivity contribution is -0.141. The van der Waals surface area contributed by atoms with E-state index >= 15 is 4.79 Å². The number of phenolic OH excluding ortho intramolecular Hbond substituents is 1. The van der Waals surface area contributed by atoms with Crippen LogP contribution in [0.2, 0.25) is 10.0 Å². The van der Waals surface area contributed by atoms with Crippen molar-refractivity contribution in [2.75, 3.05) is 4.90 Å². The summed E-state index contributed by atoms with van der Waals surface area (Å²) in [6.07, 6.45) is 2.47. The Morgan fingerprint density at radius 2 is 1.66 bits per heavy atom. The predicted molar refractivity (Wildman–Crippen MR) is 204 cm³/mol. The Kier molecular flexibility index (Phi) is 7.79. The van der Waals surface area contributed by atoms with E-state index < -0.39 is 46.8 Å². The van der Waals surface area contributed by atoms with Gasteiger partial charge in [-0.1, -0.05) is 65.2 Å². The molecule has 9 rings (SSSR count). The number of amides is 4. The minimum absolute atomic E-state index is 0.0653. The van der Waals surface area contributed by atoms with Crippen LogP contribution in [-0.4, -0.2) is 43.4 Å². The van der Waals surface area contributed by atoms with Gasteiger partial charge in [0, 0.05) is 39.3 Å². The summed E-state index contributed by atoms with van der Waals surface area (Å²) in [6.45, 7) is 3.95. The minimum Gasteiger partial charge on any atom is -0.508 e. The Hall–Kier alpha value is -4.77. The second-order valence-electron chi connectivity index (χ2n) is 14.8. The number of allylic oxidation sites excluding steroid dienone is 2. The highest BCUT2D eigenvalue weighted by atomic mass is 35.5. The lowest BCUT2D eigenvalue weighted by Crippen LogP contribution is -2.49. The Labute approximate surface area is 319 Å². The highest BCUT2D eigenvalue weighted by molar-refractivity contribution is 7.22. The third-order valence-corrected chi connectivity index (χ3v) is 13.8. The van der Waals surface area contributed by atoms with Crippen LogP contribution in [0.4, 0.5) is 5.82 Å². The number of nitrogens with zero attached hydrogens (tertiary/aromatic N) is 4. The van der Waals surface area contributed by atoms with Crippen molar-refractivity contribution in [2.45, 2.75) is 39.2 Å². The number of likely N-dealkylation sites (tertiary alicyclic amines) is 1. The molecule has 1 saturated carbocycles. The summed E-state index contributed by atoms with van der Waals surface area (Å²) in [4.78, 5) is 61.5. The number of benzene rings is 3. The van der Waals surface area contributed by atoms with Crippen molar-refractivity contribution >= 4 is 74.1 Å². The van der Waals surface area contributed by atoms with Gasteiger partial charge in [-0.15, -0.1) is 11.3 Å². The van der Waals surface area contributed by atoms with E-state index in [1.807, 2.05) is 61.5 Å². The maximum Gasteiger partial charge on any atom is 0.242 e. The number of carbonyl (C=O) groups is 4. The minimum atomic E-state index is -1.35. The number of hydrogen-bond donors (Lipinski definition) is 1. The van der Waals surface area contributed by atoms with E-state index in [1.54, 1.807) is 48.2 Å². The number of hydrogen-bond acceptors (Lipinski definition) is 7. The quantitative estimate of drug-likeness (QED) is 0.143. The third-order valence-electron chi connectivity index (χ3n) is 12.1.